The lowest BCUT2D eigenvalue weighted by Gasteiger charge is -2.12. The van der Waals surface area contributed by atoms with Gasteiger partial charge in [0, 0.05) is 6.42 Å². The van der Waals surface area contributed by atoms with Crippen molar-refractivity contribution in [1.82, 2.24) is 15.0 Å². The van der Waals surface area contributed by atoms with Gasteiger partial charge >= 0.3 is 0 Å². The molecule has 0 atom stereocenters. The highest BCUT2D eigenvalue weighted by molar-refractivity contribution is 5.41. The number of aromatic nitrogens is 3. The average molecular weight is 215 g/mol. The third kappa shape index (κ3) is 1.72. The summed E-state index contributed by atoms with van der Waals surface area (Å²) in [4.78, 5) is 0. The Morgan fingerprint density at radius 3 is 2.81 bits per heavy atom. The van der Waals surface area contributed by atoms with Crippen LogP contribution in [0.25, 0.3) is 5.69 Å². The molecule has 0 aliphatic heterocycles. The highest BCUT2D eigenvalue weighted by atomic mass is 16.3. The molecule has 1 aliphatic carbocycles. The smallest absolute Gasteiger partial charge is 0.0697 e. The van der Waals surface area contributed by atoms with Crippen LogP contribution in [0, 0.1) is 0 Å². The minimum atomic E-state index is -0.476. The molecule has 0 unspecified atom stereocenters. The SMILES string of the molecule is OC1(Cc2ccccc2-n2ccnn2)CC1. The Balaban J connectivity index is 1.98. The largest absolute Gasteiger partial charge is 0.390 e. The maximum Gasteiger partial charge on any atom is 0.0697 e. The van der Waals surface area contributed by atoms with Crippen LogP contribution in [0.15, 0.2) is 36.7 Å². The number of hydrogen-bond acceptors (Lipinski definition) is 3. The molecule has 0 radical (unpaired) electrons. The van der Waals surface area contributed by atoms with E-state index in [0.717, 1.165) is 24.1 Å². The maximum absolute atomic E-state index is 9.96. The van der Waals surface area contributed by atoms with Gasteiger partial charge in [0.25, 0.3) is 0 Å². The molecule has 1 aromatic carbocycles. The lowest BCUT2D eigenvalue weighted by Crippen LogP contribution is -2.13. The fourth-order valence-corrected chi connectivity index (χ4v) is 1.90. The number of hydrogen-bond donors (Lipinski definition) is 1. The standard InChI is InChI=1S/C12H13N3O/c16-12(5-6-12)9-10-3-1-2-4-11(10)15-8-7-13-14-15/h1-4,7-8,16H,5-6,9H2. The summed E-state index contributed by atoms with van der Waals surface area (Å²) in [5.41, 5.74) is 1.64. The first-order valence-corrected chi connectivity index (χ1v) is 5.44. The van der Waals surface area contributed by atoms with Crippen molar-refractivity contribution in [2.75, 3.05) is 0 Å². The van der Waals surface area contributed by atoms with Crippen molar-refractivity contribution in [3.8, 4) is 5.69 Å². The quantitative estimate of drug-likeness (QED) is 0.840. The van der Waals surface area contributed by atoms with Crippen LogP contribution in [0.4, 0.5) is 0 Å². The van der Waals surface area contributed by atoms with Gasteiger partial charge in [-0.3, -0.25) is 0 Å². The summed E-state index contributed by atoms with van der Waals surface area (Å²) in [6, 6.07) is 7.99. The highest BCUT2D eigenvalue weighted by Gasteiger charge is 2.40. The predicted octanol–water partition coefficient (Wildman–Crippen LogP) is 1.33. The molecule has 0 saturated heterocycles. The second kappa shape index (κ2) is 3.42. The molecule has 1 saturated carbocycles. The van der Waals surface area contributed by atoms with Gasteiger partial charge in [-0.2, -0.15) is 0 Å². The summed E-state index contributed by atoms with van der Waals surface area (Å²) >= 11 is 0. The summed E-state index contributed by atoms with van der Waals surface area (Å²) in [7, 11) is 0. The second-order valence-electron chi connectivity index (χ2n) is 4.38. The van der Waals surface area contributed by atoms with Crippen LogP contribution in [-0.4, -0.2) is 25.7 Å². The van der Waals surface area contributed by atoms with Crippen LogP contribution < -0.4 is 0 Å². The monoisotopic (exact) mass is 215 g/mol. The topological polar surface area (TPSA) is 50.9 Å². The first-order valence-electron chi connectivity index (χ1n) is 5.44. The summed E-state index contributed by atoms with van der Waals surface area (Å²) in [5, 5.41) is 17.7. The van der Waals surface area contributed by atoms with Crippen LogP contribution >= 0.6 is 0 Å². The predicted molar refractivity (Wildman–Crippen MR) is 59.2 cm³/mol. The summed E-state index contributed by atoms with van der Waals surface area (Å²) in [6.07, 6.45) is 5.97. The van der Waals surface area contributed by atoms with Gasteiger partial charge in [0.2, 0.25) is 0 Å². The first-order chi connectivity index (χ1) is 7.77. The number of aliphatic hydroxyl groups is 1. The molecule has 1 aromatic heterocycles. The molecule has 1 fully saturated rings. The number of para-hydroxylation sites is 1. The van der Waals surface area contributed by atoms with Gasteiger partial charge in [0.15, 0.2) is 0 Å². The van der Waals surface area contributed by atoms with Gasteiger partial charge in [0.1, 0.15) is 0 Å². The zero-order valence-electron chi connectivity index (χ0n) is 8.87. The molecule has 1 heterocycles. The molecule has 0 amide bonds. The van der Waals surface area contributed by atoms with E-state index in [4.69, 9.17) is 0 Å². The third-order valence-electron chi connectivity index (χ3n) is 3.01. The molecule has 4 nitrogen and oxygen atoms in total. The highest BCUT2D eigenvalue weighted by Crippen LogP contribution is 2.39. The van der Waals surface area contributed by atoms with Crippen molar-refractivity contribution in [3.05, 3.63) is 42.2 Å². The number of benzene rings is 1. The Morgan fingerprint density at radius 1 is 1.31 bits per heavy atom. The van der Waals surface area contributed by atoms with E-state index in [2.05, 4.69) is 10.3 Å². The molecular formula is C12H13N3O. The minimum Gasteiger partial charge on any atom is -0.390 e. The van der Waals surface area contributed by atoms with Crippen molar-refractivity contribution < 1.29 is 5.11 Å². The molecule has 16 heavy (non-hydrogen) atoms. The van der Waals surface area contributed by atoms with Crippen molar-refractivity contribution in [2.24, 2.45) is 0 Å². The fourth-order valence-electron chi connectivity index (χ4n) is 1.90. The average Bonchev–Trinajstić information content (AvgIpc) is 2.83. The van der Waals surface area contributed by atoms with Crippen molar-refractivity contribution in [1.29, 1.82) is 0 Å². The fraction of sp³-hybridized carbons (Fsp3) is 0.333. The zero-order valence-corrected chi connectivity index (χ0v) is 8.87. The van der Waals surface area contributed by atoms with E-state index in [1.807, 2.05) is 30.5 Å². The van der Waals surface area contributed by atoms with E-state index in [-0.39, 0.29) is 0 Å². The molecule has 82 valence electrons. The van der Waals surface area contributed by atoms with Crippen LogP contribution in [-0.2, 0) is 6.42 Å². The molecule has 3 rings (SSSR count). The van der Waals surface area contributed by atoms with Crippen molar-refractivity contribution in [2.45, 2.75) is 24.9 Å². The summed E-state index contributed by atoms with van der Waals surface area (Å²) < 4.78 is 1.74. The van der Waals surface area contributed by atoms with Crippen molar-refractivity contribution in [3.63, 3.8) is 0 Å². The third-order valence-corrected chi connectivity index (χ3v) is 3.01. The normalized spacial score (nSPS) is 17.3. The van der Waals surface area contributed by atoms with Crippen LogP contribution in [0.2, 0.25) is 0 Å². The Bertz CT molecular complexity index is 489. The molecule has 1 aliphatic rings. The molecule has 1 N–H and O–H groups in total. The van der Waals surface area contributed by atoms with Gasteiger partial charge in [-0.05, 0) is 24.5 Å². The van der Waals surface area contributed by atoms with E-state index in [1.165, 1.54) is 0 Å². The Morgan fingerprint density at radius 2 is 2.12 bits per heavy atom. The maximum atomic E-state index is 9.96. The minimum absolute atomic E-state index is 0.476. The van der Waals surface area contributed by atoms with Crippen LogP contribution in [0.1, 0.15) is 18.4 Å². The molecule has 0 bridgehead atoms. The second-order valence-corrected chi connectivity index (χ2v) is 4.38. The van der Waals surface area contributed by atoms with Crippen molar-refractivity contribution >= 4 is 0 Å². The summed E-state index contributed by atoms with van der Waals surface area (Å²) in [5.74, 6) is 0. The van der Waals surface area contributed by atoms with E-state index in [9.17, 15) is 5.11 Å². The Labute approximate surface area is 93.5 Å². The first kappa shape index (κ1) is 9.54. The molecular weight excluding hydrogens is 202 g/mol. The lowest BCUT2D eigenvalue weighted by molar-refractivity contribution is 0.151. The zero-order chi connectivity index (χ0) is 11.0. The van der Waals surface area contributed by atoms with Gasteiger partial charge < -0.3 is 5.11 Å². The van der Waals surface area contributed by atoms with Crippen LogP contribution in [0.5, 0.6) is 0 Å². The molecule has 4 heteroatoms. The lowest BCUT2D eigenvalue weighted by atomic mass is 10.0. The van der Waals surface area contributed by atoms with Gasteiger partial charge in [0.05, 0.1) is 23.7 Å². The van der Waals surface area contributed by atoms with E-state index in [1.54, 1.807) is 10.9 Å². The summed E-state index contributed by atoms with van der Waals surface area (Å²) in [6.45, 7) is 0. The van der Waals surface area contributed by atoms with Crippen LogP contribution in [0.3, 0.4) is 0 Å². The number of rotatable bonds is 3. The van der Waals surface area contributed by atoms with E-state index in [0.29, 0.717) is 6.42 Å². The van der Waals surface area contributed by atoms with E-state index >= 15 is 0 Å². The van der Waals surface area contributed by atoms with E-state index < -0.39 is 5.60 Å². The molecule has 2 aromatic rings. The number of nitrogens with zero attached hydrogens (tertiary/aromatic N) is 3. The van der Waals surface area contributed by atoms with Gasteiger partial charge in [-0.25, -0.2) is 4.68 Å². The van der Waals surface area contributed by atoms with Gasteiger partial charge in [-0.1, -0.05) is 23.4 Å². The molecule has 0 spiro atoms. The Kier molecular flexibility index (Phi) is 2.04. The van der Waals surface area contributed by atoms with Gasteiger partial charge in [-0.15, -0.1) is 5.10 Å². The Hall–Kier alpha value is -1.68.